The van der Waals surface area contributed by atoms with Crippen molar-refractivity contribution in [2.75, 3.05) is 0 Å². The van der Waals surface area contributed by atoms with E-state index in [0.29, 0.717) is 15.6 Å². The minimum atomic E-state index is -0.269. The van der Waals surface area contributed by atoms with Crippen molar-refractivity contribution in [1.29, 1.82) is 5.26 Å². The Kier molecular flexibility index (Phi) is 2.83. The number of hydrogen-bond acceptors (Lipinski definition) is 1. The van der Waals surface area contributed by atoms with Gasteiger partial charge in [0.15, 0.2) is 0 Å². The first-order valence-electron chi connectivity index (χ1n) is 3.46. The molecule has 12 heavy (non-hydrogen) atoms. The van der Waals surface area contributed by atoms with E-state index in [1.807, 2.05) is 6.07 Å². The Bertz CT molecular complexity index is 318. The van der Waals surface area contributed by atoms with Crippen molar-refractivity contribution in [1.82, 2.24) is 0 Å². The van der Waals surface area contributed by atoms with Gasteiger partial charge in [-0.2, -0.15) is 5.26 Å². The quantitative estimate of drug-likeness (QED) is 0.724. The zero-order valence-electron chi connectivity index (χ0n) is 6.56. The van der Waals surface area contributed by atoms with Crippen LogP contribution in [0.1, 0.15) is 11.1 Å². The summed E-state index contributed by atoms with van der Waals surface area (Å²) in [6, 6.07) is 5.13. The topological polar surface area (TPSA) is 23.8 Å². The lowest BCUT2D eigenvalue weighted by molar-refractivity contribution is 0.615. The molecule has 0 aliphatic rings. The van der Waals surface area contributed by atoms with Crippen LogP contribution in [-0.2, 0) is 6.42 Å². The lowest BCUT2D eigenvalue weighted by Crippen LogP contribution is -1.89. The van der Waals surface area contributed by atoms with E-state index < -0.39 is 0 Å². The Balaban J connectivity index is 3.14. The number of nitrogens with zero attached hydrogens (tertiary/aromatic N) is 1. The van der Waals surface area contributed by atoms with Crippen molar-refractivity contribution in [2.45, 2.75) is 13.3 Å². The summed E-state index contributed by atoms with van der Waals surface area (Å²) < 4.78 is 13.7. The minimum absolute atomic E-state index is 0.246. The van der Waals surface area contributed by atoms with Crippen molar-refractivity contribution < 1.29 is 4.39 Å². The molecule has 0 radical (unpaired) electrons. The molecule has 0 bridgehead atoms. The van der Waals surface area contributed by atoms with E-state index in [0.717, 1.165) is 0 Å². The maximum Gasteiger partial charge on any atom is 0.127 e. The highest BCUT2D eigenvalue weighted by Crippen LogP contribution is 2.21. The number of rotatable bonds is 1. The van der Waals surface area contributed by atoms with Gasteiger partial charge in [0, 0.05) is 4.47 Å². The van der Waals surface area contributed by atoms with Crippen LogP contribution in [0.5, 0.6) is 0 Å². The molecule has 0 fully saturated rings. The molecule has 0 unspecified atom stereocenters. The van der Waals surface area contributed by atoms with Gasteiger partial charge >= 0.3 is 0 Å². The third-order valence-corrected chi connectivity index (χ3v) is 2.45. The average Bonchev–Trinajstić information content (AvgIpc) is 2.01. The Morgan fingerprint density at radius 3 is 2.75 bits per heavy atom. The maximum atomic E-state index is 13.0. The van der Waals surface area contributed by atoms with Crippen LogP contribution in [0.15, 0.2) is 16.6 Å². The van der Waals surface area contributed by atoms with Gasteiger partial charge in [-0.1, -0.05) is 15.9 Å². The molecule has 0 atom stereocenters. The highest BCUT2D eigenvalue weighted by molar-refractivity contribution is 9.10. The highest BCUT2D eigenvalue weighted by Gasteiger charge is 2.03. The van der Waals surface area contributed by atoms with Gasteiger partial charge in [-0.15, -0.1) is 0 Å². The third kappa shape index (κ3) is 1.83. The van der Waals surface area contributed by atoms with Gasteiger partial charge < -0.3 is 0 Å². The molecule has 0 aliphatic heterocycles. The SMILES string of the molecule is Cc1c(F)cc(CC#N)cc1Br. The Morgan fingerprint density at radius 1 is 1.58 bits per heavy atom. The Labute approximate surface area is 79.0 Å². The van der Waals surface area contributed by atoms with Gasteiger partial charge in [0.25, 0.3) is 0 Å². The Morgan fingerprint density at radius 2 is 2.25 bits per heavy atom. The largest absolute Gasteiger partial charge is 0.207 e. The smallest absolute Gasteiger partial charge is 0.127 e. The van der Waals surface area contributed by atoms with Gasteiger partial charge in [0.2, 0.25) is 0 Å². The van der Waals surface area contributed by atoms with E-state index in [1.165, 1.54) is 6.07 Å². The molecule has 0 aliphatic carbocycles. The highest BCUT2D eigenvalue weighted by atomic mass is 79.9. The monoisotopic (exact) mass is 227 g/mol. The fourth-order valence-electron chi connectivity index (χ4n) is 0.891. The summed E-state index contributed by atoms with van der Waals surface area (Å²) in [6.07, 6.45) is 0.246. The maximum absolute atomic E-state index is 13.0. The van der Waals surface area contributed by atoms with Crippen molar-refractivity contribution >= 4 is 15.9 Å². The molecule has 0 aromatic heterocycles. The van der Waals surface area contributed by atoms with Crippen LogP contribution >= 0.6 is 15.9 Å². The fourth-order valence-corrected chi connectivity index (χ4v) is 1.37. The first kappa shape index (κ1) is 9.21. The number of hydrogen-bond donors (Lipinski definition) is 0. The summed E-state index contributed by atoms with van der Waals surface area (Å²) in [6.45, 7) is 1.69. The van der Waals surface area contributed by atoms with E-state index in [1.54, 1.807) is 13.0 Å². The predicted molar refractivity (Wildman–Crippen MR) is 48.2 cm³/mol. The lowest BCUT2D eigenvalue weighted by Gasteiger charge is -2.01. The van der Waals surface area contributed by atoms with E-state index in [4.69, 9.17) is 5.26 Å². The normalized spacial score (nSPS) is 9.50. The van der Waals surface area contributed by atoms with Crippen LogP contribution in [0.2, 0.25) is 0 Å². The second-order valence-corrected chi connectivity index (χ2v) is 3.37. The second kappa shape index (κ2) is 3.68. The molecule has 1 nitrogen and oxygen atoms in total. The zero-order valence-corrected chi connectivity index (χ0v) is 8.15. The molecule has 62 valence electrons. The van der Waals surface area contributed by atoms with Crippen molar-refractivity contribution in [2.24, 2.45) is 0 Å². The van der Waals surface area contributed by atoms with Gasteiger partial charge in [0.05, 0.1) is 12.5 Å². The van der Waals surface area contributed by atoms with E-state index in [2.05, 4.69) is 15.9 Å². The molecule has 3 heteroatoms. The van der Waals surface area contributed by atoms with Crippen LogP contribution in [0.4, 0.5) is 4.39 Å². The summed E-state index contributed by atoms with van der Waals surface area (Å²) in [7, 11) is 0. The Hall–Kier alpha value is -0.880. The van der Waals surface area contributed by atoms with Gasteiger partial charge in [-0.05, 0) is 30.2 Å². The summed E-state index contributed by atoms with van der Waals surface area (Å²) >= 11 is 3.22. The molecule has 1 rings (SSSR count). The zero-order chi connectivity index (χ0) is 9.14. The van der Waals surface area contributed by atoms with Crippen molar-refractivity contribution in [3.8, 4) is 6.07 Å². The average molecular weight is 228 g/mol. The van der Waals surface area contributed by atoms with Crippen molar-refractivity contribution in [3.63, 3.8) is 0 Å². The minimum Gasteiger partial charge on any atom is -0.207 e. The molecule has 1 aromatic carbocycles. The summed E-state index contributed by atoms with van der Waals surface area (Å²) in [5.74, 6) is -0.269. The van der Waals surface area contributed by atoms with Crippen LogP contribution in [0, 0.1) is 24.1 Å². The first-order chi connectivity index (χ1) is 5.65. The summed E-state index contributed by atoms with van der Waals surface area (Å²) in [5.41, 5.74) is 1.28. The molecular formula is C9H7BrFN. The van der Waals surface area contributed by atoms with Gasteiger partial charge in [-0.25, -0.2) is 4.39 Å². The molecule has 0 N–H and O–H groups in total. The molecule has 0 saturated heterocycles. The summed E-state index contributed by atoms with van der Waals surface area (Å²) in [5, 5.41) is 8.38. The van der Waals surface area contributed by atoms with Gasteiger partial charge in [0.1, 0.15) is 5.82 Å². The van der Waals surface area contributed by atoms with Crippen LogP contribution in [0.25, 0.3) is 0 Å². The van der Waals surface area contributed by atoms with Crippen LogP contribution < -0.4 is 0 Å². The third-order valence-electron chi connectivity index (χ3n) is 1.62. The second-order valence-electron chi connectivity index (χ2n) is 2.52. The molecule has 0 spiro atoms. The fraction of sp³-hybridized carbons (Fsp3) is 0.222. The molecule has 0 saturated carbocycles. The van der Waals surface area contributed by atoms with Crippen molar-refractivity contribution in [3.05, 3.63) is 33.5 Å². The number of halogens is 2. The van der Waals surface area contributed by atoms with E-state index in [9.17, 15) is 4.39 Å². The lowest BCUT2D eigenvalue weighted by atomic mass is 10.1. The van der Waals surface area contributed by atoms with E-state index in [-0.39, 0.29) is 12.2 Å². The van der Waals surface area contributed by atoms with Crippen LogP contribution in [-0.4, -0.2) is 0 Å². The molecule has 1 aromatic rings. The van der Waals surface area contributed by atoms with Crippen LogP contribution in [0.3, 0.4) is 0 Å². The predicted octanol–water partition coefficient (Wildman–Crippen LogP) is 2.96. The van der Waals surface area contributed by atoms with Gasteiger partial charge in [-0.3, -0.25) is 0 Å². The molecule has 0 heterocycles. The first-order valence-corrected chi connectivity index (χ1v) is 4.26. The number of nitriles is 1. The number of benzene rings is 1. The standard InChI is InChI=1S/C9H7BrFN/c1-6-8(10)4-7(2-3-12)5-9(6)11/h4-5H,2H2,1H3. The molecular weight excluding hydrogens is 221 g/mol. The molecule has 0 amide bonds. The summed E-state index contributed by atoms with van der Waals surface area (Å²) in [4.78, 5) is 0. The van der Waals surface area contributed by atoms with E-state index >= 15 is 0 Å².